The van der Waals surface area contributed by atoms with Crippen LogP contribution in [-0.4, -0.2) is 22.5 Å². The number of anilines is 1. The zero-order chi connectivity index (χ0) is 18.6. The number of rotatable bonds is 5. The summed E-state index contributed by atoms with van der Waals surface area (Å²) in [5.74, 6) is 3.58. The van der Waals surface area contributed by atoms with Gasteiger partial charge in [-0.1, -0.05) is 0 Å². The minimum atomic E-state index is -0.670. The van der Waals surface area contributed by atoms with E-state index in [1.807, 2.05) is 5.43 Å². The Bertz CT molecular complexity index is 861. The minimum absolute atomic E-state index is 0.0245. The lowest BCUT2D eigenvalue weighted by atomic mass is 10.0. The van der Waals surface area contributed by atoms with Crippen LogP contribution in [0.3, 0.4) is 0 Å². The van der Waals surface area contributed by atoms with Gasteiger partial charge < -0.3 is 5.32 Å². The Morgan fingerprint density at radius 1 is 1.00 bits per heavy atom. The number of nitro benzene ring substituents is 1. The van der Waals surface area contributed by atoms with Crippen molar-refractivity contribution in [1.29, 1.82) is 0 Å². The highest BCUT2D eigenvalue weighted by Crippen LogP contribution is 2.18. The third-order valence-corrected chi connectivity index (χ3v) is 3.37. The maximum atomic E-state index is 12.2. The summed E-state index contributed by atoms with van der Waals surface area (Å²) in [6, 6.07) is 9.23. The maximum absolute atomic E-state index is 12.2. The molecule has 0 fully saturated rings. The van der Waals surface area contributed by atoms with Gasteiger partial charge in [0.15, 0.2) is 5.78 Å². The first kappa shape index (κ1) is 17.8. The van der Waals surface area contributed by atoms with Gasteiger partial charge in [0.1, 0.15) is 0 Å². The quantitative estimate of drug-likeness (QED) is 0.248. The molecule has 0 radical (unpaired) electrons. The predicted octanol–water partition coefficient (Wildman–Crippen LogP) is 1.65. The summed E-state index contributed by atoms with van der Waals surface area (Å²) in [4.78, 5) is 45.6. The molecule has 0 aliphatic rings. The van der Waals surface area contributed by atoms with Gasteiger partial charge in [0.25, 0.3) is 17.5 Å². The average molecular weight is 342 g/mol. The highest BCUT2D eigenvalue weighted by atomic mass is 16.6. The fraction of sp³-hybridized carbons (Fsp3) is 0.0625. The number of amides is 2. The Morgan fingerprint density at radius 2 is 1.64 bits per heavy atom. The molecule has 2 aromatic carbocycles. The molecule has 9 heteroatoms. The van der Waals surface area contributed by atoms with E-state index in [0.29, 0.717) is 0 Å². The molecule has 0 atom stereocenters. The summed E-state index contributed by atoms with van der Waals surface area (Å²) >= 11 is 0. The molecule has 0 aliphatic heterocycles. The number of non-ortho nitro benzene ring substituents is 1. The van der Waals surface area contributed by atoms with Gasteiger partial charge in [-0.05, 0) is 37.3 Å². The molecule has 0 unspecified atom stereocenters. The van der Waals surface area contributed by atoms with Gasteiger partial charge in [-0.15, -0.1) is 0 Å². The number of nitrogens with zero attached hydrogens (tertiary/aromatic N) is 1. The Hall–Kier alpha value is -3.59. The summed E-state index contributed by atoms with van der Waals surface area (Å²) < 4.78 is 0. The van der Waals surface area contributed by atoms with Gasteiger partial charge in [0.2, 0.25) is 0 Å². The average Bonchev–Trinajstić information content (AvgIpc) is 2.60. The second kappa shape index (κ2) is 7.32. The van der Waals surface area contributed by atoms with Crippen LogP contribution in [0.1, 0.15) is 38.0 Å². The molecule has 2 amide bonds. The third-order valence-electron chi connectivity index (χ3n) is 3.37. The number of hydrogen-bond donors (Lipinski definition) is 3. The van der Waals surface area contributed by atoms with E-state index in [0.717, 1.165) is 0 Å². The summed E-state index contributed by atoms with van der Waals surface area (Å²) in [5, 5.41) is 13.2. The van der Waals surface area contributed by atoms with Crippen LogP contribution >= 0.6 is 0 Å². The van der Waals surface area contributed by atoms with E-state index < -0.39 is 16.7 Å². The van der Waals surface area contributed by atoms with Crippen molar-refractivity contribution in [3.05, 3.63) is 69.3 Å². The van der Waals surface area contributed by atoms with Gasteiger partial charge in [-0.25, -0.2) is 5.84 Å². The van der Waals surface area contributed by atoms with Crippen molar-refractivity contribution in [2.75, 3.05) is 5.32 Å². The molecule has 0 aliphatic carbocycles. The topological polar surface area (TPSA) is 144 Å². The van der Waals surface area contributed by atoms with E-state index in [1.165, 1.54) is 49.4 Å². The van der Waals surface area contributed by atoms with E-state index in [2.05, 4.69) is 5.32 Å². The predicted molar refractivity (Wildman–Crippen MR) is 89.1 cm³/mol. The number of nitrogen functional groups attached to an aromatic ring is 1. The molecular formula is C16H14N4O5. The van der Waals surface area contributed by atoms with Crippen molar-refractivity contribution in [2.24, 2.45) is 5.84 Å². The fourth-order valence-corrected chi connectivity index (χ4v) is 2.13. The monoisotopic (exact) mass is 342 g/mol. The van der Waals surface area contributed by atoms with Crippen molar-refractivity contribution in [1.82, 2.24) is 5.43 Å². The van der Waals surface area contributed by atoms with Crippen LogP contribution in [0.5, 0.6) is 0 Å². The lowest BCUT2D eigenvalue weighted by Crippen LogP contribution is -2.31. The van der Waals surface area contributed by atoms with Crippen molar-refractivity contribution in [2.45, 2.75) is 6.92 Å². The smallest absolute Gasteiger partial charge is 0.269 e. The summed E-state index contributed by atoms with van der Waals surface area (Å²) in [7, 11) is 0. The van der Waals surface area contributed by atoms with Crippen LogP contribution < -0.4 is 16.6 Å². The summed E-state index contributed by atoms with van der Waals surface area (Å²) in [6.45, 7) is 1.30. The molecule has 0 saturated carbocycles. The molecule has 4 N–H and O–H groups in total. The highest BCUT2D eigenvalue weighted by molar-refractivity contribution is 6.09. The second-order valence-electron chi connectivity index (χ2n) is 5.05. The highest BCUT2D eigenvalue weighted by Gasteiger charge is 2.16. The molecule has 0 heterocycles. The Kier molecular flexibility index (Phi) is 5.20. The van der Waals surface area contributed by atoms with E-state index in [-0.39, 0.29) is 33.8 Å². The van der Waals surface area contributed by atoms with Crippen molar-refractivity contribution in [3.63, 3.8) is 0 Å². The molecule has 0 spiro atoms. The number of hydrazine groups is 1. The Morgan fingerprint density at radius 3 is 2.16 bits per heavy atom. The number of benzene rings is 2. The Balaban J connectivity index is 2.27. The van der Waals surface area contributed by atoms with Crippen LogP contribution in [0.2, 0.25) is 0 Å². The van der Waals surface area contributed by atoms with E-state index >= 15 is 0 Å². The number of carbonyl (C=O) groups is 3. The van der Waals surface area contributed by atoms with Gasteiger partial charge in [0, 0.05) is 28.9 Å². The van der Waals surface area contributed by atoms with Crippen molar-refractivity contribution in [3.8, 4) is 0 Å². The zero-order valence-electron chi connectivity index (χ0n) is 13.1. The fourth-order valence-electron chi connectivity index (χ4n) is 2.13. The van der Waals surface area contributed by atoms with E-state index in [4.69, 9.17) is 5.84 Å². The second-order valence-corrected chi connectivity index (χ2v) is 5.05. The number of Topliss-reactive ketones (excluding diaryl/α,β-unsaturated/α-hetero) is 1. The molecule has 0 bridgehead atoms. The normalized spacial score (nSPS) is 10.0. The van der Waals surface area contributed by atoms with Crippen LogP contribution in [0.15, 0.2) is 42.5 Å². The number of carbonyl (C=O) groups excluding carboxylic acids is 3. The van der Waals surface area contributed by atoms with E-state index in [1.54, 1.807) is 0 Å². The first-order chi connectivity index (χ1) is 11.8. The van der Waals surface area contributed by atoms with Crippen LogP contribution in [0.4, 0.5) is 11.4 Å². The number of nitro groups is 1. The lowest BCUT2D eigenvalue weighted by Gasteiger charge is -2.10. The molecule has 2 rings (SSSR count). The van der Waals surface area contributed by atoms with Gasteiger partial charge >= 0.3 is 0 Å². The zero-order valence-corrected chi connectivity index (χ0v) is 13.1. The molecule has 9 nitrogen and oxygen atoms in total. The number of nitrogens with two attached hydrogens (primary N) is 1. The SMILES string of the molecule is CC(=O)c1ccc(NC(=O)c2ccc([N+](=O)[O-])cc2)cc1C(=O)NN. The Labute approximate surface area is 141 Å². The maximum Gasteiger partial charge on any atom is 0.269 e. The van der Waals surface area contributed by atoms with Crippen LogP contribution in [0, 0.1) is 10.1 Å². The minimum Gasteiger partial charge on any atom is -0.322 e. The van der Waals surface area contributed by atoms with Gasteiger partial charge in [-0.3, -0.25) is 29.9 Å². The number of nitrogens with one attached hydrogen (secondary N) is 2. The van der Waals surface area contributed by atoms with Crippen LogP contribution in [-0.2, 0) is 0 Å². The van der Waals surface area contributed by atoms with Gasteiger partial charge in [0.05, 0.1) is 10.5 Å². The number of hydrogen-bond acceptors (Lipinski definition) is 6. The largest absolute Gasteiger partial charge is 0.322 e. The number of ketones is 1. The molecule has 2 aromatic rings. The van der Waals surface area contributed by atoms with Crippen molar-refractivity contribution < 1.29 is 19.3 Å². The molecular weight excluding hydrogens is 328 g/mol. The first-order valence-corrected chi connectivity index (χ1v) is 7.05. The lowest BCUT2D eigenvalue weighted by molar-refractivity contribution is -0.384. The summed E-state index contributed by atoms with van der Waals surface area (Å²) in [6.07, 6.45) is 0. The van der Waals surface area contributed by atoms with E-state index in [9.17, 15) is 24.5 Å². The standard InChI is InChI=1S/C16H14N4O5/c1-9(21)13-7-4-11(8-14(13)16(23)19-17)18-15(22)10-2-5-12(6-3-10)20(24)25/h2-8H,17H2,1H3,(H,18,22)(H,19,23). The molecule has 25 heavy (non-hydrogen) atoms. The molecule has 128 valence electrons. The summed E-state index contributed by atoms with van der Waals surface area (Å²) in [5.41, 5.74) is 2.46. The first-order valence-electron chi connectivity index (χ1n) is 7.05. The van der Waals surface area contributed by atoms with Crippen molar-refractivity contribution >= 4 is 29.0 Å². The third kappa shape index (κ3) is 4.03. The molecule has 0 saturated heterocycles. The van der Waals surface area contributed by atoms with Crippen LogP contribution in [0.25, 0.3) is 0 Å². The molecule has 0 aromatic heterocycles. The van der Waals surface area contributed by atoms with Gasteiger partial charge in [-0.2, -0.15) is 0 Å².